The van der Waals surface area contributed by atoms with E-state index in [1.807, 2.05) is 24.3 Å². The van der Waals surface area contributed by atoms with E-state index in [1.165, 1.54) is 6.92 Å². The highest BCUT2D eigenvalue weighted by molar-refractivity contribution is 6.06. The fraction of sp³-hybridized carbons (Fsp3) is 0.125. The molecule has 0 spiro atoms. The second-order valence-electron chi connectivity index (χ2n) is 4.51. The Balaban J connectivity index is 2.11. The second-order valence-corrected chi connectivity index (χ2v) is 4.51. The lowest BCUT2D eigenvalue weighted by Crippen LogP contribution is -2.13. The summed E-state index contributed by atoms with van der Waals surface area (Å²) in [7, 11) is 1.80. The lowest BCUT2D eigenvalue weighted by atomic mass is 10.2. The molecule has 3 N–H and O–H groups in total. The number of carbonyl (C=O) groups is 2. The van der Waals surface area contributed by atoms with Gasteiger partial charge in [0.15, 0.2) is 0 Å². The smallest absolute Gasteiger partial charge is 0.255 e. The molecule has 5 heteroatoms. The van der Waals surface area contributed by atoms with E-state index >= 15 is 0 Å². The topological polar surface area (TPSA) is 70.2 Å². The van der Waals surface area contributed by atoms with Gasteiger partial charge in [-0.05, 0) is 36.4 Å². The van der Waals surface area contributed by atoms with Crippen LogP contribution >= 0.6 is 0 Å². The zero-order chi connectivity index (χ0) is 15.2. The average Bonchev–Trinajstić information content (AvgIpc) is 2.48. The number of amides is 2. The van der Waals surface area contributed by atoms with Crippen LogP contribution in [0.25, 0.3) is 0 Å². The Labute approximate surface area is 123 Å². The molecule has 0 fully saturated rings. The van der Waals surface area contributed by atoms with Crippen molar-refractivity contribution in [3.63, 3.8) is 0 Å². The highest BCUT2D eigenvalue weighted by Crippen LogP contribution is 2.21. The summed E-state index contributed by atoms with van der Waals surface area (Å²) < 4.78 is 0. The molecule has 0 radical (unpaired) electrons. The summed E-state index contributed by atoms with van der Waals surface area (Å²) >= 11 is 0. The highest BCUT2D eigenvalue weighted by Gasteiger charge is 2.08. The standard InChI is InChI=1S/C16H17N3O2/c1-11(20)18-13-9-7-12(8-10-13)16(21)19-15-6-4-3-5-14(15)17-2/h3-10,17H,1-2H3,(H,18,20)(H,19,21). The van der Waals surface area contributed by atoms with Gasteiger partial charge in [-0.25, -0.2) is 0 Å². The van der Waals surface area contributed by atoms with Crippen molar-refractivity contribution < 1.29 is 9.59 Å². The first-order valence-corrected chi connectivity index (χ1v) is 6.56. The van der Waals surface area contributed by atoms with Gasteiger partial charge in [0.1, 0.15) is 0 Å². The number of carbonyl (C=O) groups excluding carboxylic acids is 2. The maximum absolute atomic E-state index is 12.2. The van der Waals surface area contributed by atoms with E-state index < -0.39 is 0 Å². The first-order chi connectivity index (χ1) is 10.1. The molecule has 2 rings (SSSR count). The Morgan fingerprint density at radius 1 is 0.857 bits per heavy atom. The van der Waals surface area contributed by atoms with Crippen LogP contribution in [0.5, 0.6) is 0 Å². The second kappa shape index (κ2) is 6.56. The van der Waals surface area contributed by atoms with Crippen LogP contribution in [0.1, 0.15) is 17.3 Å². The van der Waals surface area contributed by atoms with Gasteiger partial charge in [-0.3, -0.25) is 9.59 Å². The molecule has 0 aromatic heterocycles. The molecule has 0 unspecified atom stereocenters. The summed E-state index contributed by atoms with van der Waals surface area (Å²) in [6, 6.07) is 14.2. The van der Waals surface area contributed by atoms with Crippen LogP contribution in [-0.4, -0.2) is 18.9 Å². The summed E-state index contributed by atoms with van der Waals surface area (Å²) in [6.45, 7) is 1.44. The summed E-state index contributed by atoms with van der Waals surface area (Å²) in [4.78, 5) is 23.1. The van der Waals surface area contributed by atoms with E-state index in [0.717, 1.165) is 11.4 Å². The molecule has 0 aliphatic rings. The van der Waals surface area contributed by atoms with Gasteiger partial charge in [-0.2, -0.15) is 0 Å². The van der Waals surface area contributed by atoms with Crippen molar-refractivity contribution in [3.05, 3.63) is 54.1 Å². The first-order valence-electron chi connectivity index (χ1n) is 6.56. The lowest BCUT2D eigenvalue weighted by molar-refractivity contribution is -0.114. The number of para-hydroxylation sites is 2. The lowest BCUT2D eigenvalue weighted by Gasteiger charge is -2.10. The molecule has 2 aromatic carbocycles. The molecule has 0 atom stereocenters. The molecule has 0 heterocycles. The van der Waals surface area contributed by atoms with Crippen molar-refractivity contribution in [2.24, 2.45) is 0 Å². The number of nitrogens with one attached hydrogen (secondary N) is 3. The van der Waals surface area contributed by atoms with Crippen molar-refractivity contribution in [2.75, 3.05) is 23.0 Å². The van der Waals surface area contributed by atoms with Crippen LogP contribution in [-0.2, 0) is 4.79 Å². The molecular formula is C16H17N3O2. The van der Waals surface area contributed by atoms with E-state index in [0.29, 0.717) is 11.3 Å². The Hall–Kier alpha value is -2.82. The van der Waals surface area contributed by atoms with Crippen LogP contribution in [0.15, 0.2) is 48.5 Å². The van der Waals surface area contributed by atoms with E-state index in [9.17, 15) is 9.59 Å². The molecule has 21 heavy (non-hydrogen) atoms. The number of hydrogen-bond acceptors (Lipinski definition) is 3. The molecule has 108 valence electrons. The quantitative estimate of drug-likeness (QED) is 0.808. The third-order valence-corrected chi connectivity index (χ3v) is 2.91. The minimum atomic E-state index is -0.202. The van der Waals surface area contributed by atoms with E-state index in [2.05, 4.69) is 16.0 Å². The zero-order valence-corrected chi connectivity index (χ0v) is 11.9. The number of benzene rings is 2. The first kappa shape index (κ1) is 14.6. The largest absolute Gasteiger partial charge is 0.386 e. The average molecular weight is 283 g/mol. The summed E-state index contributed by atoms with van der Waals surface area (Å²) in [5, 5.41) is 8.53. The summed E-state index contributed by atoms with van der Waals surface area (Å²) in [5.41, 5.74) is 2.75. The zero-order valence-electron chi connectivity index (χ0n) is 11.9. The SMILES string of the molecule is CNc1ccccc1NC(=O)c1ccc(NC(C)=O)cc1. The number of anilines is 3. The van der Waals surface area contributed by atoms with Crippen LogP contribution < -0.4 is 16.0 Å². The molecule has 0 saturated heterocycles. The van der Waals surface area contributed by atoms with Gasteiger partial charge in [-0.1, -0.05) is 12.1 Å². The summed E-state index contributed by atoms with van der Waals surface area (Å²) in [6.07, 6.45) is 0. The molecule has 0 aliphatic carbocycles. The van der Waals surface area contributed by atoms with Crippen molar-refractivity contribution in [1.82, 2.24) is 0 Å². The molecule has 5 nitrogen and oxygen atoms in total. The van der Waals surface area contributed by atoms with Gasteiger partial charge >= 0.3 is 0 Å². The van der Waals surface area contributed by atoms with Gasteiger partial charge < -0.3 is 16.0 Å². The maximum atomic E-state index is 12.2. The third-order valence-electron chi connectivity index (χ3n) is 2.91. The fourth-order valence-corrected chi connectivity index (χ4v) is 1.91. The Morgan fingerprint density at radius 2 is 1.48 bits per heavy atom. The minimum Gasteiger partial charge on any atom is -0.386 e. The number of hydrogen-bond donors (Lipinski definition) is 3. The molecular weight excluding hydrogens is 266 g/mol. The Bertz CT molecular complexity index is 651. The van der Waals surface area contributed by atoms with Gasteiger partial charge in [-0.15, -0.1) is 0 Å². The Morgan fingerprint density at radius 3 is 2.05 bits per heavy atom. The third kappa shape index (κ3) is 3.82. The van der Waals surface area contributed by atoms with Crippen LogP contribution in [0.4, 0.5) is 17.1 Å². The van der Waals surface area contributed by atoms with Gasteiger partial charge in [0.05, 0.1) is 11.4 Å². The van der Waals surface area contributed by atoms with Gasteiger partial charge in [0.25, 0.3) is 5.91 Å². The predicted octanol–water partition coefficient (Wildman–Crippen LogP) is 2.94. The van der Waals surface area contributed by atoms with E-state index in [1.54, 1.807) is 31.3 Å². The van der Waals surface area contributed by atoms with Crippen LogP contribution in [0, 0.1) is 0 Å². The van der Waals surface area contributed by atoms with E-state index in [4.69, 9.17) is 0 Å². The van der Waals surface area contributed by atoms with Crippen LogP contribution in [0.3, 0.4) is 0 Å². The molecule has 0 bridgehead atoms. The van der Waals surface area contributed by atoms with Crippen LogP contribution in [0.2, 0.25) is 0 Å². The normalized spacial score (nSPS) is 9.81. The Kier molecular flexibility index (Phi) is 4.56. The molecule has 2 aromatic rings. The monoisotopic (exact) mass is 283 g/mol. The van der Waals surface area contributed by atoms with Crippen molar-refractivity contribution in [2.45, 2.75) is 6.92 Å². The molecule has 0 aliphatic heterocycles. The number of rotatable bonds is 4. The van der Waals surface area contributed by atoms with E-state index in [-0.39, 0.29) is 11.8 Å². The van der Waals surface area contributed by atoms with Crippen molar-refractivity contribution >= 4 is 28.9 Å². The predicted molar refractivity (Wildman–Crippen MR) is 84.7 cm³/mol. The van der Waals surface area contributed by atoms with Crippen molar-refractivity contribution in [3.8, 4) is 0 Å². The fourth-order valence-electron chi connectivity index (χ4n) is 1.91. The van der Waals surface area contributed by atoms with Gasteiger partial charge in [0.2, 0.25) is 5.91 Å². The van der Waals surface area contributed by atoms with Crippen molar-refractivity contribution in [1.29, 1.82) is 0 Å². The molecule has 2 amide bonds. The highest BCUT2D eigenvalue weighted by atomic mass is 16.2. The minimum absolute atomic E-state index is 0.143. The summed E-state index contributed by atoms with van der Waals surface area (Å²) in [5.74, 6) is -0.345. The maximum Gasteiger partial charge on any atom is 0.255 e. The molecule has 0 saturated carbocycles. The van der Waals surface area contributed by atoms with Gasteiger partial charge in [0, 0.05) is 25.2 Å².